The second kappa shape index (κ2) is 10.2. The van der Waals surface area contributed by atoms with Gasteiger partial charge in [0.25, 0.3) is 0 Å². The highest BCUT2D eigenvalue weighted by Gasteiger charge is 2.27. The van der Waals surface area contributed by atoms with Gasteiger partial charge >= 0.3 is 0 Å². The van der Waals surface area contributed by atoms with Crippen molar-refractivity contribution in [2.24, 2.45) is 4.99 Å². The number of benzene rings is 1. The maximum absolute atomic E-state index is 11.8. The van der Waals surface area contributed by atoms with Crippen LogP contribution in [0.5, 0.6) is 0 Å². The van der Waals surface area contributed by atoms with E-state index in [9.17, 15) is 8.42 Å². The molecule has 28 heavy (non-hydrogen) atoms. The predicted octanol–water partition coefficient (Wildman–Crippen LogP) is 1.37. The number of guanidine groups is 1. The van der Waals surface area contributed by atoms with E-state index in [2.05, 4.69) is 44.8 Å². The van der Waals surface area contributed by atoms with Gasteiger partial charge in [-0.05, 0) is 43.5 Å². The molecular weight excluding hydrogens is 374 g/mol. The quantitative estimate of drug-likeness (QED) is 0.527. The standard InChI is InChI=1S/C20H33N5O2S/c1-21-20(22-10-14-25-13-5-15-28(25,26)27)23-16-18-6-8-19(9-7-18)17-24-11-3-2-4-12-24/h6-9H,2-5,10-17H2,1H3,(H2,21,22,23). The Morgan fingerprint density at radius 3 is 2.36 bits per heavy atom. The minimum atomic E-state index is -3.03. The number of hydrogen-bond acceptors (Lipinski definition) is 4. The van der Waals surface area contributed by atoms with Gasteiger partial charge in [0.05, 0.1) is 5.75 Å². The molecule has 2 saturated heterocycles. The van der Waals surface area contributed by atoms with Crippen LogP contribution in [0.4, 0.5) is 0 Å². The lowest BCUT2D eigenvalue weighted by Gasteiger charge is -2.26. The van der Waals surface area contributed by atoms with Gasteiger partial charge in [-0.1, -0.05) is 30.7 Å². The van der Waals surface area contributed by atoms with Crippen LogP contribution in [0.2, 0.25) is 0 Å². The van der Waals surface area contributed by atoms with Crippen LogP contribution in [0.1, 0.15) is 36.8 Å². The van der Waals surface area contributed by atoms with Gasteiger partial charge in [0.15, 0.2) is 5.96 Å². The highest BCUT2D eigenvalue weighted by atomic mass is 32.2. The van der Waals surface area contributed by atoms with Crippen molar-refractivity contribution in [3.8, 4) is 0 Å². The topological polar surface area (TPSA) is 77.0 Å². The fourth-order valence-electron chi connectivity index (χ4n) is 3.79. The number of piperidine rings is 1. The first-order valence-electron chi connectivity index (χ1n) is 10.3. The van der Waals surface area contributed by atoms with Gasteiger partial charge in [0.2, 0.25) is 10.0 Å². The number of rotatable bonds is 7. The molecule has 0 amide bonds. The van der Waals surface area contributed by atoms with Gasteiger partial charge in [-0.15, -0.1) is 0 Å². The first-order valence-corrected chi connectivity index (χ1v) is 11.9. The van der Waals surface area contributed by atoms with E-state index >= 15 is 0 Å². The number of likely N-dealkylation sites (tertiary alicyclic amines) is 1. The van der Waals surface area contributed by atoms with Crippen molar-refractivity contribution in [3.05, 3.63) is 35.4 Å². The molecular formula is C20H33N5O2S. The number of sulfonamides is 1. The maximum atomic E-state index is 11.8. The second-order valence-electron chi connectivity index (χ2n) is 7.57. The van der Waals surface area contributed by atoms with Crippen LogP contribution in [0.3, 0.4) is 0 Å². The summed E-state index contributed by atoms with van der Waals surface area (Å²) in [6.07, 6.45) is 4.73. The summed E-state index contributed by atoms with van der Waals surface area (Å²) in [7, 11) is -1.31. The van der Waals surface area contributed by atoms with Gasteiger partial charge < -0.3 is 10.6 Å². The van der Waals surface area contributed by atoms with E-state index in [4.69, 9.17) is 0 Å². The Morgan fingerprint density at radius 2 is 1.71 bits per heavy atom. The summed E-state index contributed by atoms with van der Waals surface area (Å²) in [5.74, 6) is 0.960. The average molecular weight is 408 g/mol. The van der Waals surface area contributed by atoms with E-state index in [0.717, 1.165) is 13.0 Å². The summed E-state index contributed by atoms with van der Waals surface area (Å²) in [6, 6.07) is 8.74. The monoisotopic (exact) mass is 407 g/mol. The summed E-state index contributed by atoms with van der Waals surface area (Å²) < 4.78 is 25.2. The highest BCUT2D eigenvalue weighted by molar-refractivity contribution is 7.89. The Bertz CT molecular complexity index is 742. The highest BCUT2D eigenvalue weighted by Crippen LogP contribution is 2.14. The molecule has 1 aromatic rings. The van der Waals surface area contributed by atoms with E-state index in [1.807, 2.05) is 0 Å². The molecule has 0 saturated carbocycles. The minimum absolute atomic E-state index is 0.272. The molecule has 2 N–H and O–H groups in total. The third kappa shape index (κ3) is 6.18. The third-order valence-corrected chi connectivity index (χ3v) is 7.37. The zero-order valence-electron chi connectivity index (χ0n) is 16.9. The minimum Gasteiger partial charge on any atom is -0.355 e. The maximum Gasteiger partial charge on any atom is 0.214 e. The van der Waals surface area contributed by atoms with Crippen LogP contribution >= 0.6 is 0 Å². The van der Waals surface area contributed by atoms with Crippen molar-refractivity contribution in [2.75, 3.05) is 45.5 Å². The Labute approximate surface area is 169 Å². The smallest absolute Gasteiger partial charge is 0.214 e. The zero-order chi connectivity index (χ0) is 19.8. The molecule has 0 aliphatic carbocycles. The van der Waals surface area contributed by atoms with Crippen LogP contribution in [0.25, 0.3) is 0 Å². The van der Waals surface area contributed by atoms with E-state index in [1.54, 1.807) is 11.4 Å². The molecule has 1 aromatic carbocycles. The first-order chi connectivity index (χ1) is 13.6. The van der Waals surface area contributed by atoms with E-state index in [1.165, 1.54) is 43.5 Å². The van der Waals surface area contributed by atoms with E-state index in [-0.39, 0.29) is 5.75 Å². The van der Waals surface area contributed by atoms with Crippen molar-refractivity contribution in [1.82, 2.24) is 19.8 Å². The molecule has 0 atom stereocenters. The van der Waals surface area contributed by atoms with Gasteiger partial charge in [-0.3, -0.25) is 9.89 Å². The molecule has 2 aliphatic rings. The SMILES string of the molecule is CN=C(NCCN1CCCS1(=O)=O)NCc1ccc(CN2CCCCC2)cc1. The van der Waals surface area contributed by atoms with Crippen LogP contribution in [-0.4, -0.2) is 69.1 Å². The van der Waals surface area contributed by atoms with Gasteiger partial charge in [-0.25, -0.2) is 12.7 Å². The van der Waals surface area contributed by atoms with Crippen LogP contribution < -0.4 is 10.6 Å². The van der Waals surface area contributed by atoms with E-state index in [0.29, 0.717) is 32.1 Å². The summed E-state index contributed by atoms with van der Waals surface area (Å²) in [5.41, 5.74) is 2.56. The van der Waals surface area contributed by atoms with Crippen molar-refractivity contribution < 1.29 is 8.42 Å². The normalized spacial score (nSPS) is 21.0. The molecule has 7 nitrogen and oxygen atoms in total. The summed E-state index contributed by atoms with van der Waals surface area (Å²) in [6.45, 7) is 5.80. The first kappa shape index (κ1) is 21.1. The Balaban J connectivity index is 1.39. The van der Waals surface area contributed by atoms with Crippen molar-refractivity contribution in [3.63, 3.8) is 0 Å². The molecule has 3 rings (SSSR count). The molecule has 2 aliphatic heterocycles. The van der Waals surface area contributed by atoms with Gasteiger partial charge in [-0.2, -0.15) is 0 Å². The Hall–Kier alpha value is -1.64. The number of nitrogens with zero attached hydrogens (tertiary/aromatic N) is 3. The largest absolute Gasteiger partial charge is 0.355 e. The number of hydrogen-bond donors (Lipinski definition) is 2. The molecule has 8 heteroatoms. The Morgan fingerprint density at radius 1 is 1.00 bits per heavy atom. The Kier molecular flexibility index (Phi) is 7.70. The van der Waals surface area contributed by atoms with E-state index < -0.39 is 10.0 Å². The summed E-state index contributed by atoms with van der Waals surface area (Å²) in [5, 5.41) is 6.49. The van der Waals surface area contributed by atoms with Gasteiger partial charge in [0, 0.05) is 39.8 Å². The molecule has 0 bridgehead atoms. The molecule has 0 unspecified atom stereocenters. The zero-order valence-corrected chi connectivity index (χ0v) is 17.7. The molecule has 0 aromatic heterocycles. The lowest BCUT2D eigenvalue weighted by Crippen LogP contribution is -2.41. The average Bonchev–Trinajstić information content (AvgIpc) is 3.04. The predicted molar refractivity (Wildman–Crippen MR) is 114 cm³/mol. The third-order valence-electron chi connectivity index (χ3n) is 5.42. The summed E-state index contributed by atoms with van der Waals surface area (Å²) in [4.78, 5) is 6.75. The van der Waals surface area contributed by atoms with Crippen LogP contribution in [-0.2, 0) is 23.1 Å². The molecule has 0 spiro atoms. The fourth-order valence-corrected chi connectivity index (χ4v) is 5.31. The van der Waals surface area contributed by atoms with Crippen molar-refractivity contribution >= 4 is 16.0 Å². The van der Waals surface area contributed by atoms with Crippen LogP contribution in [0, 0.1) is 0 Å². The lowest BCUT2D eigenvalue weighted by atomic mass is 10.1. The fraction of sp³-hybridized carbons (Fsp3) is 0.650. The number of nitrogens with one attached hydrogen (secondary N) is 2. The summed E-state index contributed by atoms with van der Waals surface area (Å²) >= 11 is 0. The molecule has 156 valence electrons. The van der Waals surface area contributed by atoms with Crippen LogP contribution in [0.15, 0.2) is 29.3 Å². The van der Waals surface area contributed by atoms with Crippen molar-refractivity contribution in [1.29, 1.82) is 0 Å². The molecule has 2 fully saturated rings. The number of aliphatic imine (C=N–C) groups is 1. The van der Waals surface area contributed by atoms with Crippen molar-refractivity contribution in [2.45, 2.75) is 38.8 Å². The lowest BCUT2D eigenvalue weighted by molar-refractivity contribution is 0.221. The molecule has 2 heterocycles. The second-order valence-corrected chi connectivity index (χ2v) is 9.66. The molecule has 0 radical (unpaired) electrons. The van der Waals surface area contributed by atoms with Gasteiger partial charge in [0.1, 0.15) is 0 Å².